The number of nitrogens with zero attached hydrogens (tertiary/aromatic N) is 1. The van der Waals surface area contributed by atoms with Crippen LogP contribution < -0.4 is 10.6 Å². The van der Waals surface area contributed by atoms with Gasteiger partial charge >= 0.3 is 0 Å². The molecule has 114 valence electrons. The van der Waals surface area contributed by atoms with E-state index >= 15 is 0 Å². The van der Waals surface area contributed by atoms with Gasteiger partial charge in [0, 0.05) is 29.6 Å². The van der Waals surface area contributed by atoms with Gasteiger partial charge < -0.3 is 10.6 Å². The molecule has 0 atom stereocenters. The molecule has 0 saturated heterocycles. The van der Waals surface area contributed by atoms with Gasteiger partial charge in [-0.15, -0.1) is 0 Å². The molecule has 0 aliphatic rings. The topological polar surface area (TPSA) is 84.3 Å². The van der Waals surface area contributed by atoms with Gasteiger partial charge in [-0.1, -0.05) is 6.07 Å². The molecule has 1 amide bonds. The highest BCUT2D eigenvalue weighted by Gasteiger charge is 2.08. The number of amides is 1. The SMILES string of the molecule is O=C(CNc1cccc([N+](=O)[O-])c1)Nc1ccc(F)c(F)c1. The fraction of sp³-hybridized carbons (Fsp3) is 0.0714. The van der Waals surface area contributed by atoms with Crippen molar-refractivity contribution in [3.63, 3.8) is 0 Å². The van der Waals surface area contributed by atoms with Crippen LogP contribution in [0.2, 0.25) is 0 Å². The van der Waals surface area contributed by atoms with E-state index in [1.807, 2.05) is 0 Å². The average Bonchev–Trinajstić information content (AvgIpc) is 2.49. The summed E-state index contributed by atoms with van der Waals surface area (Å²) in [6.07, 6.45) is 0. The average molecular weight is 307 g/mol. The van der Waals surface area contributed by atoms with Crippen LogP contribution in [0.3, 0.4) is 0 Å². The van der Waals surface area contributed by atoms with Crippen LogP contribution in [-0.2, 0) is 4.79 Å². The van der Waals surface area contributed by atoms with Gasteiger partial charge in [-0.2, -0.15) is 0 Å². The molecule has 0 spiro atoms. The van der Waals surface area contributed by atoms with Crippen LogP contribution in [0, 0.1) is 21.7 Å². The molecule has 2 N–H and O–H groups in total. The summed E-state index contributed by atoms with van der Waals surface area (Å²) in [5, 5.41) is 15.7. The van der Waals surface area contributed by atoms with Crippen LogP contribution in [0.15, 0.2) is 42.5 Å². The van der Waals surface area contributed by atoms with E-state index in [0.29, 0.717) is 5.69 Å². The fourth-order valence-corrected chi connectivity index (χ4v) is 1.69. The number of nitro groups is 1. The monoisotopic (exact) mass is 307 g/mol. The van der Waals surface area contributed by atoms with E-state index in [0.717, 1.165) is 12.1 Å². The highest BCUT2D eigenvalue weighted by atomic mass is 19.2. The Morgan fingerprint density at radius 2 is 1.86 bits per heavy atom. The number of nitro benzene ring substituents is 1. The molecular formula is C14H11F2N3O3. The molecule has 8 heteroatoms. The maximum atomic E-state index is 13.0. The summed E-state index contributed by atoms with van der Waals surface area (Å²) in [5.41, 5.74) is 0.408. The Morgan fingerprint density at radius 1 is 1.09 bits per heavy atom. The van der Waals surface area contributed by atoms with Crippen LogP contribution in [0.1, 0.15) is 0 Å². The van der Waals surface area contributed by atoms with Crippen LogP contribution in [-0.4, -0.2) is 17.4 Å². The molecule has 0 heterocycles. The molecule has 0 saturated carbocycles. The fourth-order valence-electron chi connectivity index (χ4n) is 1.69. The second-order valence-electron chi connectivity index (χ2n) is 4.34. The van der Waals surface area contributed by atoms with E-state index in [1.54, 1.807) is 6.07 Å². The smallest absolute Gasteiger partial charge is 0.271 e. The minimum absolute atomic E-state index is 0.106. The third kappa shape index (κ3) is 3.98. The number of rotatable bonds is 5. The first kappa shape index (κ1) is 15.4. The van der Waals surface area contributed by atoms with E-state index in [1.165, 1.54) is 24.3 Å². The molecule has 0 aliphatic carbocycles. The molecule has 2 aromatic carbocycles. The number of benzene rings is 2. The normalized spacial score (nSPS) is 10.1. The summed E-state index contributed by atoms with van der Waals surface area (Å²) in [4.78, 5) is 21.8. The second kappa shape index (κ2) is 6.61. The van der Waals surface area contributed by atoms with Crippen molar-refractivity contribution >= 4 is 23.0 Å². The Balaban J connectivity index is 1.94. The number of carbonyl (C=O) groups excluding carboxylic acids is 1. The first-order chi connectivity index (χ1) is 10.5. The summed E-state index contributed by atoms with van der Waals surface area (Å²) < 4.78 is 25.7. The molecule has 0 bridgehead atoms. The van der Waals surface area contributed by atoms with Crippen LogP contribution >= 0.6 is 0 Å². The number of anilines is 2. The molecular weight excluding hydrogens is 296 g/mol. The molecule has 22 heavy (non-hydrogen) atoms. The zero-order valence-corrected chi connectivity index (χ0v) is 11.2. The van der Waals surface area contributed by atoms with E-state index < -0.39 is 22.5 Å². The molecule has 2 aromatic rings. The van der Waals surface area contributed by atoms with Gasteiger partial charge in [0.1, 0.15) is 0 Å². The Hall–Kier alpha value is -3.03. The van der Waals surface area contributed by atoms with Crippen LogP contribution in [0.4, 0.5) is 25.8 Å². The first-order valence-corrected chi connectivity index (χ1v) is 6.19. The maximum absolute atomic E-state index is 13.0. The third-order valence-electron chi connectivity index (χ3n) is 2.71. The standard InChI is InChI=1S/C14H11F2N3O3/c15-12-5-4-10(7-13(12)16)18-14(20)8-17-9-2-1-3-11(6-9)19(21)22/h1-7,17H,8H2,(H,18,20). The van der Waals surface area contributed by atoms with Gasteiger partial charge in [0.25, 0.3) is 5.69 Å². The van der Waals surface area contributed by atoms with Gasteiger partial charge in [-0.3, -0.25) is 14.9 Å². The summed E-state index contributed by atoms with van der Waals surface area (Å²) in [6, 6.07) is 8.64. The largest absolute Gasteiger partial charge is 0.376 e. The lowest BCUT2D eigenvalue weighted by Gasteiger charge is -2.08. The van der Waals surface area contributed by atoms with Crippen molar-refractivity contribution in [2.75, 3.05) is 17.2 Å². The van der Waals surface area contributed by atoms with Gasteiger partial charge in [-0.25, -0.2) is 8.78 Å². The minimum atomic E-state index is -1.07. The predicted molar refractivity (Wildman–Crippen MR) is 76.6 cm³/mol. The molecule has 0 unspecified atom stereocenters. The maximum Gasteiger partial charge on any atom is 0.271 e. The van der Waals surface area contributed by atoms with Crippen molar-refractivity contribution in [3.8, 4) is 0 Å². The Kier molecular flexibility index (Phi) is 4.62. The minimum Gasteiger partial charge on any atom is -0.376 e. The number of non-ortho nitro benzene ring substituents is 1. The zero-order valence-electron chi connectivity index (χ0n) is 11.2. The molecule has 0 radical (unpaired) electrons. The van der Waals surface area contributed by atoms with Crippen molar-refractivity contribution < 1.29 is 18.5 Å². The summed E-state index contributed by atoms with van der Waals surface area (Å²) in [5.74, 6) is -2.57. The van der Waals surface area contributed by atoms with Crippen molar-refractivity contribution in [1.82, 2.24) is 0 Å². The summed E-state index contributed by atoms with van der Waals surface area (Å²) in [6.45, 7) is -0.180. The summed E-state index contributed by atoms with van der Waals surface area (Å²) in [7, 11) is 0. The van der Waals surface area contributed by atoms with Gasteiger partial charge in [0.05, 0.1) is 11.5 Å². The van der Waals surface area contributed by atoms with Crippen molar-refractivity contribution in [1.29, 1.82) is 0 Å². The molecule has 0 fully saturated rings. The molecule has 6 nitrogen and oxygen atoms in total. The second-order valence-corrected chi connectivity index (χ2v) is 4.34. The lowest BCUT2D eigenvalue weighted by Crippen LogP contribution is -2.21. The molecule has 0 aromatic heterocycles. The van der Waals surface area contributed by atoms with E-state index in [-0.39, 0.29) is 17.9 Å². The Morgan fingerprint density at radius 3 is 2.55 bits per heavy atom. The van der Waals surface area contributed by atoms with Gasteiger partial charge in [-0.05, 0) is 18.2 Å². The van der Waals surface area contributed by atoms with Gasteiger partial charge in [0.15, 0.2) is 11.6 Å². The number of hydrogen-bond acceptors (Lipinski definition) is 4. The Bertz CT molecular complexity index is 722. The molecule has 0 aliphatic heterocycles. The van der Waals surface area contributed by atoms with E-state index in [9.17, 15) is 23.7 Å². The Labute approximate surface area is 123 Å². The van der Waals surface area contributed by atoms with Crippen LogP contribution in [0.25, 0.3) is 0 Å². The number of carbonyl (C=O) groups is 1. The number of nitrogens with one attached hydrogen (secondary N) is 2. The van der Waals surface area contributed by atoms with Crippen molar-refractivity contribution in [2.24, 2.45) is 0 Å². The van der Waals surface area contributed by atoms with E-state index in [4.69, 9.17) is 0 Å². The quantitative estimate of drug-likeness (QED) is 0.657. The van der Waals surface area contributed by atoms with E-state index in [2.05, 4.69) is 10.6 Å². The highest BCUT2D eigenvalue weighted by Crippen LogP contribution is 2.17. The van der Waals surface area contributed by atoms with Crippen LogP contribution in [0.5, 0.6) is 0 Å². The predicted octanol–water partition coefficient (Wildman–Crippen LogP) is 2.92. The zero-order chi connectivity index (χ0) is 16.1. The van der Waals surface area contributed by atoms with Gasteiger partial charge in [0.2, 0.25) is 5.91 Å². The summed E-state index contributed by atoms with van der Waals surface area (Å²) >= 11 is 0. The number of hydrogen-bond donors (Lipinski definition) is 2. The third-order valence-corrected chi connectivity index (χ3v) is 2.71. The first-order valence-electron chi connectivity index (χ1n) is 6.19. The number of halogens is 2. The highest BCUT2D eigenvalue weighted by molar-refractivity contribution is 5.93. The molecule has 2 rings (SSSR count). The van der Waals surface area contributed by atoms with Crippen molar-refractivity contribution in [3.05, 3.63) is 64.2 Å². The lowest BCUT2D eigenvalue weighted by molar-refractivity contribution is -0.384. The lowest BCUT2D eigenvalue weighted by atomic mass is 10.2. The van der Waals surface area contributed by atoms with Crippen molar-refractivity contribution in [2.45, 2.75) is 0 Å².